The van der Waals surface area contributed by atoms with Crippen LogP contribution in [-0.4, -0.2) is 11.8 Å². The van der Waals surface area contributed by atoms with E-state index < -0.39 is 5.41 Å². The zero-order valence-corrected chi connectivity index (χ0v) is 15.5. The normalized spacial score (nSPS) is 14.7. The first-order valence-corrected chi connectivity index (χ1v) is 8.73. The molecule has 6 heteroatoms. The summed E-state index contributed by atoms with van der Waals surface area (Å²) in [6.45, 7) is 3.87. The van der Waals surface area contributed by atoms with Gasteiger partial charge in [-0.1, -0.05) is 35.3 Å². The number of carbonyl (C=O) groups excluding carboxylic acids is 2. The number of anilines is 2. The van der Waals surface area contributed by atoms with E-state index in [0.29, 0.717) is 28.6 Å². The van der Waals surface area contributed by atoms with Crippen LogP contribution >= 0.6 is 23.2 Å². The van der Waals surface area contributed by atoms with Crippen LogP contribution in [0.1, 0.15) is 24.0 Å². The van der Waals surface area contributed by atoms with Gasteiger partial charge in [0.1, 0.15) is 5.41 Å². The average Bonchev–Trinajstić information content (AvgIpc) is 3.35. The Morgan fingerprint density at radius 2 is 1.56 bits per heavy atom. The second-order valence-electron chi connectivity index (χ2n) is 6.43. The van der Waals surface area contributed by atoms with Gasteiger partial charge in [0.25, 0.3) is 0 Å². The SMILES string of the molecule is Cc1ccc(C)c(NC(=O)C2(C(=O)Nc3ccc(Cl)cc3Cl)CC2)c1. The Hall–Kier alpha value is -2.04. The molecular formula is C19H18Cl2N2O2. The minimum Gasteiger partial charge on any atom is -0.325 e. The predicted molar refractivity (Wildman–Crippen MR) is 101 cm³/mol. The van der Waals surface area contributed by atoms with Gasteiger partial charge < -0.3 is 10.6 Å². The number of aryl methyl sites for hydroxylation is 2. The van der Waals surface area contributed by atoms with Crippen molar-refractivity contribution < 1.29 is 9.59 Å². The summed E-state index contributed by atoms with van der Waals surface area (Å²) >= 11 is 12.0. The number of halogens is 2. The van der Waals surface area contributed by atoms with Gasteiger partial charge in [-0.25, -0.2) is 0 Å². The summed E-state index contributed by atoms with van der Waals surface area (Å²) in [5.74, 6) is -0.636. The summed E-state index contributed by atoms with van der Waals surface area (Å²) in [7, 11) is 0. The summed E-state index contributed by atoms with van der Waals surface area (Å²) in [5.41, 5.74) is 2.13. The van der Waals surface area contributed by atoms with Crippen LogP contribution in [0.25, 0.3) is 0 Å². The predicted octanol–water partition coefficient (Wildman–Crippen LogP) is 4.97. The van der Waals surface area contributed by atoms with Crippen LogP contribution in [0.5, 0.6) is 0 Å². The Kier molecular flexibility index (Phi) is 4.76. The molecule has 0 saturated heterocycles. The van der Waals surface area contributed by atoms with Gasteiger partial charge in [-0.15, -0.1) is 0 Å². The highest BCUT2D eigenvalue weighted by molar-refractivity contribution is 6.37. The molecule has 2 amide bonds. The summed E-state index contributed by atoms with van der Waals surface area (Å²) in [4.78, 5) is 25.4. The van der Waals surface area contributed by atoms with Crippen LogP contribution in [0.3, 0.4) is 0 Å². The molecule has 2 aromatic carbocycles. The smallest absolute Gasteiger partial charge is 0.240 e. The number of hydrogen-bond acceptors (Lipinski definition) is 2. The van der Waals surface area contributed by atoms with Crippen LogP contribution in [0, 0.1) is 19.3 Å². The van der Waals surface area contributed by atoms with E-state index in [0.717, 1.165) is 16.8 Å². The highest BCUT2D eigenvalue weighted by atomic mass is 35.5. The summed E-state index contributed by atoms with van der Waals surface area (Å²) < 4.78 is 0. The highest BCUT2D eigenvalue weighted by Crippen LogP contribution is 2.48. The van der Waals surface area contributed by atoms with Crippen molar-refractivity contribution >= 4 is 46.4 Å². The zero-order valence-electron chi connectivity index (χ0n) is 14.0. The molecule has 0 radical (unpaired) electrons. The lowest BCUT2D eigenvalue weighted by atomic mass is 10.0. The fourth-order valence-corrected chi connectivity index (χ4v) is 3.08. The van der Waals surface area contributed by atoms with Crippen LogP contribution in [-0.2, 0) is 9.59 Å². The van der Waals surface area contributed by atoms with Crippen LogP contribution in [0.4, 0.5) is 11.4 Å². The Balaban J connectivity index is 1.75. The lowest BCUT2D eigenvalue weighted by Crippen LogP contribution is -2.35. The van der Waals surface area contributed by atoms with Gasteiger partial charge in [-0.2, -0.15) is 0 Å². The summed E-state index contributed by atoms with van der Waals surface area (Å²) in [5, 5.41) is 6.46. The Labute approximate surface area is 156 Å². The molecule has 1 aliphatic carbocycles. The van der Waals surface area contributed by atoms with Crippen LogP contribution in [0.2, 0.25) is 10.0 Å². The van der Waals surface area contributed by atoms with Gasteiger partial charge in [0, 0.05) is 10.7 Å². The molecule has 4 nitrogen and oxygen atoms in total. The largest absolute Gasteiger partial charge is 0.325 e. The van der Waals surface area contributed by atoms with Gasteiger partial charge >= 0.3 is 0 Å². The fraction of sp³-hybridized carbons (Fsp3) is 0.263. The summed E-state index contributed by atoms with van der Waals surface area (Å²) in [6.07, 6.45) is 1.03. The molecule has 0 bridgehead atoms. The van der Waals surface area contributed by atoms with E-state index in [1.165, 1.54) is 0 Å². The van der Waals surface area contributed by atoms with Crippen molar-refractivity contribution in [2.75, 3.05) is 10.6 Å². The minimum absolute atomic E-state index is 0.288. The average molecular weight is 377 g/mol. The monoisotopic (exact) mass is 376 g/mol. The van der Waals surface area contributed by atoms with E-state index in [4.69, 9.17) is 23.2 Å². The van der Waals surface area contributed by atoms with Crippen LogP contribution in [0.15, 0.2) is 36.4 Å². The summed E-state index contributed by atoms with van der Waals surface area (Å²) in [6, 6.07) is 10.6. The first-order valence-electron chi connectivity index (χ1n) is 7.97. The fourth-order valence-electron chi connectivity index (χ4n) is 2.63. The van der Waals surface area contributed by atoms with Crippen molar-refractivity contribution in [2.24, 2.45) is 5.41 Å². The molecule has 25 heavy (non-hydrogen) atoms. The van der Waals surface area contributed by atoms with Crippen molar-refractivity contribution in [3.8, 4) is 0 Å². The maximum absolute atomic E-state index is 12.7. The number of carbonyl (C=O) groups is 2. The number of hydrogen-bond donors (Lipinski definition) is 2. The first-order chi connectivity index (χ1) is 11.8. The number of amides is 2. The molecule has 0 aliphatic heterocycles. The Morgan fingerprint density at radius 1 is 0.920 bits per heavy atom. The topological polar surface area (TPSA) is 58.2 Å². The van der Waals surface area contributed by atoms with Crippen molar-refractivity contribution in [1.82, 2.24) is 0 Å². The van der Waals surface area contributed by atoms with E-state index >= 15 is 0 Å². The van der Waals surface area contributed by atoms with E-state index in [2.05, 4.69) is 10.6 Å². The maximum atomic E-state index is 12.7. The van der Waals surface area contributed by atoms with Gasteiger partial charge in [-0.3, -0.25) is 9.59 Å². The number of benzene rings is 2. The third-order valence-electron chi connectivity index (χ3n) is 4.44. The highest BCUT2D eigenvalue weighted by Gasteiger charge is 2.56. The van der Waals surface area contributed by atoms with E-state index in [1.54, 1.807) is 18.2 Å². The van der Waals surface area contributed by atoms with Gasteiger partial charge in [-0.05, 0) is 62.1 Å². The molecule has 0 heterocycles. The third kappa shape index (κ3) is 3.65. The number of nitrogens with one attached hydrogen (secondary N) is 2. The van der Waals surface area contributed by atoms with Gasteiger partial charge in [0.15, 0.2) is 0 Å². The van der Waals surface area contributed by atoms with Crippen molar-refractivity contribution in [3.05, 3.63) is 57.6 Å². The quantitative estimate of drug-likeness (QED) is 0.740. The molecule has 1 fully saturated rings. The Bertz CT molecular complexity index is 860. The van der Waals surface area contributed by atoms with Gasteiger partial charge in [0.2, 0.25) is 11.8 Å². The molecule has 0 atom stereocenters. The maximum Gasteiger partial charge on any atom is 0.240 e. The minimum atomic E-state index is -1.04. The van der Waals surface area contributed by atoms with E-state index in [-0.39, 0.29) is 11.8 Å². The standard InChI is InChI=1S/C19H18Cl2N2O2/c1-11-3-4-12(2)16(9-11)23-18(25)19(7-8-19)17(24)22-15-6-5-13(20)10-14(15)21/h3-6,9-10H,7-8H2,1-2H3,(H,22,24)(H,23,25). The molecule has 2 aromatic rings. The molecule has 1 saturated carbocycles. The molecule has 130 valence electrons. The molecule has 1 aliphatic rings. The van der Waals surface area contributed by atoms with E-state index in [1.807, 2.05) is 32.0 Å². The van der Waals surface area contributed by atoms with Crippen molar-refractivity contribution in [3.63, 3.8) is 0 Å². The molecule has 2 N–H and O–H groups in total. The van der Waals surface area contributed by atoms with Crippen molar-refractivity contribution in [2.45, 2.75) is 26.7 Å². The van der Waals surface area contributed by atoms with Crippen molar-refractivity contribution in [1.29, 1.82) is 0 Å². The second kappa shape index (κ2) is 6.70. The molecular weight excluding hydrogens is 359 g/mol. The molecule has 3 rings (SSSR count). The van der Waals surface area contributed by atoms with Gasteiger partial charge in [0.05, 0.1) is 10.7 Å². The third-order valence-corrected chi connectivity index (χ3v) is 4.99. The lowest BCUT2D eigenvalue weighted by molar-refractivity contribution is -0.131. The molecule has 0 spiro atoms. The van der Waals surface area contributed by atoms with E-state index in [9.17, 15) is 9.59 Å². The molecule has 0 aromatic heterocycles. The molecule has 0 unspecified atom stereocenters. The zero-order chi connectivity index (χ0) is 18.2. The second-order valence-corrected chi connectivity index (χ2v) is 7.28. The van der Waals surface area contributed by atoms with Crippen LogP contribution < -0.4 is 10.6 Å². The lowest BCUT2D eigenvalue weighted by Gasteiger charge is -2.17. The Morgan fingerprint density at radius 3 is 2.16 bits per heavy atom. The first kappa shape index (κ1) is 17.8. The number of rotatable bonds is 4.